The number of amides is 1. The molecule has 1 amide bonds. The van der Waals surface area contributed by atoms with Crippen molar-refractivity contribution in [2.24, 2.45) is 0 Å². The second kappa shape index (κ2) is 7.57. The summed E-state index contributed by atoms with van der Waals surface area (Å²) in [6, 6.07) is 12.1. The zero-order chi connectivity index (χ0) is 18.6. The predicted octanol–water partition coefficient (Wildman–Crippen LogP) is 2.72. The van der Waals surface area contributed by atoms with Crippen molar-refractivity contribution in [3.63, 3.8) is 0 Å². The highest BCUT2D eigenvalue weighted by Gasteiger charge is 2.21. The molecule has 0 radical (unpaired) electrons. The first-order valence-electron chi connectivity index (χ1n) is 7.69. The monoisotopic (exact) mass is 362 g/mol. The van der Waals surface area contributed by atoms with Crippen LogP contribution in [0.25, 0.3) is 0 Å². The van der Waals surface area contributed by atoms with Gasteiger partial charge < -0.3 is 10.1 Å². The second-order valence-electron chi connectivity index (χ2n) is 5.82. The van der Waals surface area contributed by atoms with Crippen LogP contribution in [0.15, 0.2) is 42.5 Å². The van der Waals surface area contributed by atoms with Gasteiger partial charge in [0.25, 0.3) is 0 Å². The maximum absolute atomic E-state index is 12.3. The fourth-order valence-electron chi connectivity index (χ4n) is 2.32. The SMILES string of the molecule is COc1cccc(N(CC(=O)Nc2ccc(C)c(C)c2)S(C)(=O)=O)c1. The Morgan fingerprint density at radius 1 is 1.12 bits per heavy atom. The van der Waals surface area contributed by atoms with E-state index in [4.69, 9.17) is 4.74 Å². The number of sulfonamides is 1. The molecule has 2 rings (SSSR count). The van der Waals surface area contributed by atoms with Gasteiger partial charge in [-0.25, -0.2) is 8.42 Å². The molecule has 0 spiro atoms. The molecule has 0 unspecified atom stereocenters. The van der Waals surface area contributed by atoms with Crippen LogP contribution in [-0.4, -0.2) is 34.2 Å². The number of benzene rings is 2. The molecule has 6 nitrogen and oxygen atoms in total. The van der Waals surface area contributed by atoms with Gasteiger partial charge in [-0.3, -0.25) is 9.10 Å². The Morgan fingerprint density at radius 3 is 2.44 bits per heavy atom. The summed E-state index contributed by atoms with van der Waals surface area (Å²) in [4.78, 5) is 12.3. The van der Waals surface area contributed by atoms with Crippen LogP contribution < -0.4 is 14.4 Å². The Labute approximate surface area is 148 Å². The number of anilines is 2. The molecule has 1 N–H and O–H groups in total. The molecule has 0 aliphatic carbocycles. The Balaban J connectivity index is 2.22. The van der Waals surface area contributed by atoms with Gasteiger partial charge in [0.2, 0.25) is 15.9 Å². The summed E-state index contributed by atoms with van der Waals surface area (Å²) in [6.07, 6.45) is 1.07. The van der Waals surface area contributed by atoms with Crippen LogP contribution >= 0.6 is 0 Å². The molecule has 0 saturated carbocycles. The van der Waals surface area contributed by atoms with Crippen molar-refractivity contribution in [1.29, 1.82) is 0 Å². The molecule has 0 saturated heterocycles. The van der Waals surface area contributed by atoms with E-state index < -0.39 is 15.9 Å². The summed E-state index contributed by atoms with van der Waals surface area (Å²) in [5, 5.41) is 2.73. The number of nitrogens with one attached hydrogen (secondary N) is 1. The summed E-state index contributed by atoms with van der Waals surface area (Å²) in [7, 11) is -2.13. The number of hydrogen-bond acceptors (Lipinski definition) is 4. The predicted molar refractivity (Wildman–Crippen MR) is 99.7 cm³/mol. The van der Waals surface area contributed by atoms with Gasteiger partial charge in [0.15, 0.2) is 0 Å². The number of ether oxygens (including phenoxy) is 1. The van der Waals surface area contributed by atoms with Crippen LogP contribution in [0.1, 0.15) is 11.1 Å². The molecule has 2 aromatic rings. The average molecular weight is 362 g/mol. The van der Waals surface area contributed by atoms with Gasteiger partial charge in [0.1, 0.15) is 12.3 Å². The van der Waals surface area contributed by atoms with E-state index in [1.807, 2.05) is 26.0 Å². The summed E-state index contributed by atoms with van der Waals surface area (Å²) < 4.78 is 30.4. The van der Waals surface area contributed by atoms with Crippen LogP contribution in [0.3, 0.4) is 0 Å². The van der Waals surface area contributed by atoms with Crippen LogP contribution in [0, 0.1) is 13.8 Å². The molecule has 0 atom stereocenters. The highest BCUT2D eigenvalue weighted by molar-refractivity contribution is 7.92. The van der Waals surface area contributed by atoms with Gasteiger partial charge in [-0.1, -0.05) is 12.1 Å². The first kappa shape index (κ1) is 18.8. The molecular formula is C18H22N2O4S. The molecule has 0 aromatic heterocycles. The van der Waals surface area contributed by atoms with E-state index in [2.05, 4.69) is 5.32 Å². The summed E-state index contributed by atoms with van der Waals surface area (Å²) >= 11 is 0. The van der Waals surface area contributed by atoms with Crippen LogP contribution in [0.4, 0.5) is 11.4 Å². The molecule has 0 heterocycles. The van der Waals surface area contributed by atoms with Crippen molar-refractivity contribution in [2.45, 2.75) is 13.8 Å². The Hall–Kier alpha value is -2.54. The molecule has 134 valence electrons. The number of carbonyl (C=O) groups is 1. The summed E-state index contributed by atoms with van der Waals surface area (Å²) in [5.41, 5.74) is 3.17. The average Bonchev–Trinajstić information content (AvgIpc) is 2.55. The number of hydrogen-bond donors (Lipinski definition) is 1. The molecule has 7 heteroatoms. The largest absolute Gasteiger partial charge is 0.497 e. The Kier molecular flexibility index (Phi) is 5.69. The topological polar surface area (TPSA) is 75.7 Å². The molecular weight excluding hydrogens is 340 g/mol. The second-order valence-corrected chi connectivity index (χ2v) is 7.73. The summed E-state index contributed by atoms with van der Waals surface area (Å²) in [5.74, 6) is 0.0946. The van der Waals surface area contributed by atoms with E-state index in [-0.39, 0.29) is 6.54 Å². The van der Waals surface area contributed by atoms with E-state index in [9.17, 15) is 13.2 Å². The van der Waals surface area contributed by atoms with E-state index in [1.165, 1.54) is 7.11 Å². The number of rotatable bonds is 6. The first-order chi connectivity index (χ1) is 11.7. The van der Waals surface area contributed by atoms with Crippen molar-refractivity contribution in [1.82, 2.24) is 0 Å². The van der Waals surface area contributed by atoms with E-state index in [0.29, 0.717) is 17.1 Å². The van der Waals surface area contributed by atoms with Crippen molar-refractivity contribution in [3.8, 4) is 5.75 Å². The minimum absolute atomic E-state index is 0.321. The smallest absolute Gasteiger partial charge is 0.245 e. The van der Waals surface area contributed by atoms with Gasteiger partial charge in [0, 0.05) is 11.8 Å². The highest BCUT2D eigenvalue weighted by atomic mass is 32.2. The van der Waals surface area contributed by atoms with Crippen LogP contribution in [0.5, 0.6) is 5.75 Å². The normalized spacial score (nSPS) is 11.0. The van der Waals surface area contributed by atoms with Crippen molar-refractivity contribution >= 4 is 27.3 Å². The zero-order valence-corrected chi connectivity index (χ0v) is 15.6. The first-order valence-corrected chi connectivity index (χ1v) is 9.54. The minimum atomic E-state index is -3.63. The van der Waals surface area contributed by atoms with Crippen molar-refractivity contribution in [2.75, 3.05) is 29.5 Å². The lowest BCUT2D eigenvalue weighted by molar-refractivity contribution is -0.114. The number of methoxy groups -OCH3 is 1. The van der Waals surface area contributed by atoms with Crippen LogP contribution in [0.2, 0.25) is 0 Å². The van der Waals surface area contributed by atoms with Crippen LogP contribution in [-0.2, 0) is 14.8 Å². The van der Waals surface area contributed by atoms with E-state index >= 15 is 0 Å². The number of aryl methyl sites for hydroxylation is 2. The van der Waals surface area contributed by atoms with Gasteiger partial charge in [-0.15, -0.1) is 0 Å². The Morgan fingerprint density at radius 2 is 1.84 bits per heavy atom. The Bertz CT molecular complexity index is 878. The molecule has 0 bridgehead atoms. The lowest BCUT2D eigenvalue weighted by Gasteiger charge is -2.22. The van der Waals surface area contributed by atoms with Gasteiger partial charge in [-0.2, -0.15) is 0 Å². The molecule has 0 aliphatic heterocycles. The zero-order valence-electron chi connectivity index (χ0n) is 14.7. The van der Waals surface area contributed by atoms with Gasteiger partial charge >= 0.3 is 0 Å². The highest BCUT2D eigenvalue weighted by Crippen LogP contribution is 2.23. The standard InChI is InChI=1S/C18H22N2O4S/c1-13-8-9-15(10-14(13)2)19-18(21)12-20(25(4,22)23)16-6-5-7-17(11-16)24-3/h5-11H,12H2,1-4H3,(H,19,21). The molecule has 0 fully saturated rings. The lowest BCUT2D eigenvalue weighted by Crippen LogP contribution is -2.37. The van der Waals surface area contributed by atoms with Crippen molar-refractivity contribution in [3.05, 3.63) is 53.6 Å². The lowest BCUT2D eigenvalue weighted by atomic mass is 10.1. The molecule has 25 heavy (non-hydrogen) atoms. The van der Waals surface area contributed by atoms with Crippen molar-refractivity contribution < 1.29 is 17.9 Å². The van der Waals surface area contributed by atoms with Gasteiger partial charge in [-0.05, 0) is 49.2 Å². The maximum Gasteiger partial charge on any atom is 0.245 e. The molecule has 0 aliphatic rings. The van der Waals surface area contributed by atoms with Gasteiger partial charge in [0.05, 0.1) is 19.1 Å². The fraction of sp³-hybridized carbons (Fsp3) is 0.278. The third-order valence-electron chi connectivity index (χ3n) is 3.82. The summed E-state index contributed by atoms with van der Waals surface area (Å²) in [6.45, 7) is 3.61. The molecule has 2 aromatic carbocycles. The van der Waals surface area contributed by atoms with E-state index in [1.54, 1.807) is 30.3 Å². The quantitative estimate of drug-likeness (QED) is 0.857. The number of nitrogens with zero attached hydrogens (tertiary/aromatic N) is 1. The third-order valence-corrected chi connectivity index (χ3v) is 4.96. The fourth-order valence-corrected chi connectivity index (χ4v) is 3.16. The third kappa shape index (κ3) is 4.96. The maximum atomic E-state index is 12.3. The minimum Gasteiger partial charge on any atom is -0.497 e. The van der Waals surface area contributed by atoms with E-state index in [0.717, 1.165) is 21.7 Å². The number of carbonyl (C=O) groups excluding carboxylic acids is 1.